The van der Waals surface area contributed by atoms with Crippen molar-refractivity contribution in [1.82, 2.24) is 14.5 Å². The Morgan fingerprint density at radius 1 is 1.35 bits per heavy atom. The molecule has 0 saturated carbocycles. The SMILES string of the molecule is CCC(c1ccc(Cl)c(Cl)c1)n1cncc1C(=O)/C=C/N(C)C. The van der Waals surface area contributed by atoms with E-state index in [1.54, 1.807) is 24.8 Å². The van der Waals surface area contributed by atoms with Crippen LogP contribution in [0, 0.1) is 0 Å². The van der Waals surface area contributed by atoms with Gasteiger partial charge in [0.05, 0.1) is 28.6 Å². The summed E-state index contributed by atoms with van der Waals surface area (Å²) in [5.74, 6) is -0.0882. The van der Waals surface area contributed by atoms with Crippen LogP contribution in [0.2, 0.25) is 10.0 Å². The van der Waals surface area contributed by atoms with E-state index in [9.17, 15) is 4.79 Å². The summed E-state index contributed by atoms with van der Waals surface area (Å²) in [5.41, 5.74) is 1.53. The molecule has 0 N–H and O–H groups in total. The molecule has 1 aromatic heterocycles. The molecule has 1 unspecified atom stereocenters. The van der Waals surface area contributed by atoms with E-state index < -0.39 is 0 Å². The van der Waals surface area contributed by atoms with Crippen LogP contribution in [0.5, 0.6) is 0 Å². The van der Waals surface area contributed by atoms with E-state index in [0.717, 1.165) is 12.0 Å². The first-order valence-corrected chi connectivity index (χ1v) is 8.05. The third kappa shape index (κ3) is 4.15. The van der Waals surface area contributed by atoms with E-state index in [0.29, 0.717) is 15.7 Å². The Bertz CT molecular complexity index is 722. The third-order valence-corrected chi connectivity index (χ3v) is 4.23. The maximum Gasteiger partial charge on any atom is 0.205 e. The van der Waals surface area contributed by atoms with E-state index in [1.807, 2.05) is 35.7 Å². The summed E-state index contributed by atoms with van der Waals surface area (Å²) in [6, 6.07) is 5.50. The van der Waals surface area contributed by atoms with Crippen LogP contribution in [0.4, 0.5) is 0 Å². The molecule has 4 nitrogen and oxygen atoms in total. The number of halogens is 2. The molecule has 6 heteroatoms. The van der Waals surface area contributed by atoms with Crippen LogP contribution >= 0.6 is 23.2 Å². The van der Waals surface area contributed by atoms with Gasteiger partial charge in [-0.05, 0) is 24.1 Å². The van der Waals surface area contributed by atoms with Gasteiger partial charge in [0.15, 0.2) is 0 Å². The third-order valence-electron chi connectivity index (χ3n) is 3.49. The number of rotatable bonds is 6. The number of nitrogens with zero attached hydrogens (tertiary/aromatic N) is 3. The number of hydrogen-bond donors (Lipinski definition) is 0. The zero-order valence-electron chi connectivity index (χ0n) is 13.3. The Balaban J connectivity index is 2.38. The summed E-state index contributed by atoms with van der Waals surface area (Å²) in [6.07, 6.45) is 7.32. The molecule has 0 radical (unpaired) electrons. The summed E-state index contributed by atoms with van der Waals surface area (Å²) in [7, 11) is 3.73. The van der Waals surface area contributed by atoms with Crippen LogP contribution in [-0.4, -0.2) is 34.3 Å². The molecule has 122 valence electrons. The number of benzene rings is 1. The second-order valence-electron chi connectivity index (χ2n) is 5.43. The van der Waals surface area contributed by atoms with Crippen LogP contribution in [0.15, 0.2) is 43.0 Å². The van der Waals surface area contributed by atoms with Gasteiger partial charge in [0, 0.05) is 26.4 Å². The Morgan fingerprint density at radius 3 is 2.70 bits per heavy atom. The minimum absolute atomic E-state index is 0.0287. The maximum atomic E-state index is 12.4. The maximum absolute atomic E-state index is 12.4. The normalized spacial score (nSPS) is 12.6. The second-order valence-corrected chi connectivity index (χ2v) is 6.24. The molecule has 0 bridgehead atoms. The number of allylic oxidation sites excluding steroid dienone is 1. The lowest BCUT2D eigenvalue weighted by Gasteiger charge is -2.19. The first-order chi connectivity index (χ1) is 10.9. The Morgan fingerprint density at radius 2 is 2.09 bits per heavy atom. The Labute approximate surface area is 146 Å². The number of hydrogen-bond acceptors (Lipinski definition) is 3. The molecule has 0 aliphatic carbocycles. The molecule has 0 fully saturated rings. The van der Waals surface area contributed by atoms with Gasteiger partial charge in [-0.15, -0.1) is 0 Å². The van der Waals surface area contributed by atoms with E-state index >= 15 is 0 Å². The average Bonchev–Trinajstić information content (AvgIpc) is 2.98. The largest absolute Gasteiger partial charge is 0.383 e. The van der Waals surface area contributed by atoms with Gasteiger partial charge >= 0.3 is 0 Å². The molecule has 1 atom stereocenters. The van der Waals surface area contributed by atoms with Gasteiger partial charge in [-0.2, -0.15) is 0 Å². The summed E-state index contributed by atoms with van der Waals surface area (Å²) in [5, 5.41) is 1.02. The van der Waals surface area contributed by atoms with Crippen molar-refractivity contribution in [2.45, 2.75) is 19.4 Å². The Kier molecular flexibility index (Phi) is 5.85. The number of carbonyl (C=O) groups excluding carboxylic acids is 1. The van der Waals surface area contributed by atoms with Crippen molar-refractivity contribution >= 4 is 29.0 Å². The van der Waals surface area contributed by atoms with Crippen molar-refractivity contribution in [2.24, 2.45) is 0 Å². The highest BCUT2D eigenvalue weighted by Gasteiger charge is 2.18. The molecule has 1 aromatic carbocycles. The van der Waals surface area contributed by atoms with Crippen LogP contribution < -0.4 is 0 Å². The number of aromatic nitrogens is 2. The molecular formula is C17H19Cl2N3O. The predicted molar refractivity (Wildman–Crippen MR) is 94.3 cm³/mol. The molecule has 23 heavy (non-hydrogen) atoms. The van der Waals surface area contributed by atoms with E-state index in [4.69, 9.17) is 23.2 Å². The highest BCUT2D eigenvalue weighted by atomic mass is 35.5. The summed E-state index contributed by atoms with van der Waals surface area (Å²) in [6.45, 7) is 2.05. The van der Waals surface area contributed by atoms with Crippen molar-refractivity contribution in [3.8, 4) is 0 Å². The van der Waals surface area contributed by atoms with E-state index in [-0.39, 0.29) is 11.8 Å². The molecule has 2 aromatic rings. The fraction of sp³-hybridized carbons (Fsp3) is 0.294. The monoisotopic (exact) mass is 351 g/mol. The van der Waals surface area contributed by atoms with Crippen LogP contribution in [0.25, 0.3) is 0 Å². The summed E-state index contributed by atoms with van der Waals surface area (Å²) in [4.78, 5) is 18.3. The molecule has 0 amide bonds. The van der Waals surface area contributed by atoms with Crippen LogP contribution in [-0.2, 0) is 0 Å². The van der Waals surface area contributed by atoms with E-state index in [2.05, 4.69) is 11.9 Å². The molecule has 2 rings (SSSR count). The van der Waals surface area contributed by atoms with Gasteiger partial charge in [0.1, 0.15) is 5.69 Å². The molecule has 0 aliphatic heterocycles. The summed E-state index contributed by atoms with van der Waals surface area (Å²) < 4.78 is 1.88. The van der Waals surface area contributed by atoms with Gasteiger partial charge < -0.3 is 9.47 Å². The minimum atomic E-state index is -0.0882. The van der Waals surface area contributed by atoms with Gasteiger partial charge in [-0.3, -0.25) is 4.79 Å². The first-order valence-electron chi connectivity index (χ1n) is 7.29. The predicted octanol–water partition coefficient (Wildman–Crippen LogP) is 4.45. The van der Waals surface area contributed by atoms with Crippen molar-refractivity contribution in [3.05, 3.63) is 64.3 Å². The number of imidazole rings is 1. The zero-order chi connectivity index (χ0) is 17.0. The van der Waals surface area contributed by atoms with Crippen molar-refractivity contribution in [2.75, 3.05) is 14.1 Å². The fourth-order valence-electron chi connectivity index (χ4n) is 2.36. The lowest BCUT2D eigenvalue weighted by Crippen LogP contribution is -2.15. The van der Waals surface area contributed by atoms with E-state index in [1.165, 1.54) is 6.08 Å². The lowest BCUT2D eigenvalue weighted by molar-refractivity contribution is 0.103. The summed E-state index contributed by atoms with van der Waals surface area (Å²) >= 11 is 12.1. The highest BCUT2D eigenvalue weighted by Crippen LogP contribution is 2.29. The quantitative estimate of drug-likeness (QED) is 0.570. The average molecular weight is 352 g/mol. The molecule has 1 heterocycles. The van der Waals surface area contributed by atoms with Crippen LogP contribution in [0.1, 0.15) is 35.4 Å². The minimum Gasteiger partial charge on any atom is -0.383 e. The lowest BCUT2D eigenvalue weighted by atomic mass is 10.0. The van der Waals surface area contributed by atoms with Gasteiger partial charge in [-0.1, -0.05) is 36.2 Å². The Hall–Kier alpha value is -1.78. The first kappa shape index (κ1) is 17.6. The van der Waals surface area contributed by atoms with Crippen molar-refractivity contribution < 1.29 is 4.79 Å². The number of ketones is 1. The fourth-order valence-corrected chi connectivity index (χ4v) is 2.67. The molecule has 0 aliphatic rings. The molecule has 0 spiro atoms. The smallest absolute Gasteiger partial charge is 0.205 e. The highest BCUT2D eigenvalue weighted by molar-refractivity contribution is 6.42. The van der Waals surface area contributed by atoms with Gasteiger partial charge in [0.25, 0.3) is 0 Å². The second kappa shape index (κ2) is 7.66. The molecule has 0 saturated heterocycles. The zero-order valence-corrected chi connectivity index (χ0v) is 14.8. The standard InChI is InChI=1S/C17H19Cl2N3O/c1-4-15(12-5-6-13(18)14(19)9-12)22-11-20-10-16(22)17(23)7-8-21(2)3/h5-11,15H,4H2,1-3H3/b8-7+. The topological polar surface area (TPSA) is 38.1 Å². The number of carbonyl (C=O) groups is 1. The molecular weight excluding hydrogens is 333 g/mol. The van der Waals surface area contributed by atoms with Crippen molar-refractivity contribution in [3.63, 3.8) is 0 Å². The van der Waals surface area contributed by atoms with Gasteiger partial charge in [0.2, 0.25) is 5.78 Å². The van der Waals surface area contributed by atoms with Crippen LogP contribution in [0.3, 0.4) is 0 Å². The van der Waals surface area contributed by atoms with Crippen molar-refractivity contribution in [1.29, 1.82) is 0 Å². The van der Waals surface area contributed by atoms with Gasteiger partial charge in [-0.25, -0.2) is 4.98 Å².